The molecule has 1 aromatic heterocycles. The molecule has 1 fully saturated rings. The third kappa shape index (κ3) is 5.56. The van der Waals surface area contributed by atoms with Gasteiger partial charge in [-0.05, 0) is 44.4 Å². The van der Waals surface area contributed by atoms with Gasteiger partial charge in [-0.15, -0.1) is 0 Å². The summed E-state index contributed by atoms with van der Waals surface area (Å²) < 4.78 is 17.1. The van der Waals surface area contributed by atoms with Crippen LogP contribution in [-0.2, 0) is 6.54 Å². The summed E-state index contributed by atoms with van der Waals surface area (Å²) >= 11 is 6.43. The largest absolute Gasteiger partial charge is 0.492 e. The molecule has 1 aliphatic rings. The van der Waals surface area contributed by atoms with Crippen LogP contribution in [0.1, 0.15) is 32.3 Å². The van der Waals surface area contributed by atoms with Crippen molar-refractivity contribution in [2.45, 2.75) is 39.3 Å². The van der Waals surface area contributed by atoms with Crippen molar-refractivity contribution in [2.75, 3.05) is 31.6 Å². The number of benzene rings is 2. The predicted octanol–water partition coefficient (Wildman–Crippen LogP) is 5.87. The number of rotatable bonds is 9. The minimum Gasteiger partial charge on any atom is -0.492 e. The molecule has 6 nitrogen and oxygen atoms in total. The van der Waals surface area contributed by atoms with Gasteiger partial charge in [0.05, 0.1) is 13.2 Å². The average Bonchev–Trinajstić information content (AvgIpc) is 3.28. The smallest absolute Gasteiger partial charge is 0.295 e. The van der Waals surface area contributed by atoms with Gasteiger partial charge in [0.25, 0.3) is 6.01 Å². The summed E-state index contributed by atoms with van der Waals surface area (Å²) in [7, 11) is 0. The van der Waals surface area contributed by atoms with Crippen LogP contribution in [0.4, 0.5) is 6.01 Å². The Hall–Kier alpha value is -2.70. The number of nitrogens with one attached hydrogen (secondary N) is 1. The highest BCUT2D eigenvalue weighted by Crippen LogP contribution is 2.36. The van der Waals surface area contributed by atoms with E-state index in [0.717, 1.165) is 49.3 Å². The molecule has 3 aromatic rings. The summed E-state index contributed by atoms with van der Waals surface area (Å²) in [6, 6.07) is 15.0. The molecule has 0 radical (unpaired) electrons. The second kappa shape index (κ2) is 10.7. The Labute approximate surface area is 194 Å². The van der Waals surface area contributed by atoms with E-state index in [1.165, 1.54) is 0 Å². The number of anilines is 1. The number of aromatic nitrogens is 1. The quantitative estimate of drug-likeness (QED) is 0.435. The van der Waals surface area contributed by atoms with Crippen molar-refractivity contribution in [3.8, 4) is 22.8 Å². The van der Waals surface area contributed by atoms with Crippen LogP contribution in [0.5, 0.6) is 11.5 Å². The van der Waals surface area contributed by atoms with E-state index >= 15 is 0 Å². The highest BCUT2D eigenvalue weighted by Gasteiger charge is 2.22. The van der Waals surface area contributed by atoms with Crippen molar-refractivity contribution >= 4 is 17.6 Å². The lowest BCUT2D eigenvalue weighted by Crippen LogP contribution is -2.38. The Bertz CT molecular complexity index is 974. The molecule has 1 saturated heterocycles. The lowest BCUT2D eigenvalue weighted by molar-refractivity contribution is 0.209. The third-order valence-corrected chi connectivity index (χ3v) is 5.93. The van der Waals surface area contributed by atoms with Gasteiger partial charge in [-0.25, -0.2) is 0 Å². The summed E-state index contributed by atoms with van der Waals surface area (Å²) in [6.07, 6.45) is 3.75. The normalized spacial score (nSPS) is 15.0. The van der Waals surface area contributed by atoms with Crippen molar-refractivity contribution in [1.82, 2.24) is 9.88 Å². The molecule has 32 heavy (non-hydrogen) atoms. The van der Waals surface area contributed by atoms with E-state index in [-0.39, 0.29) is 0 Å². The van der Waals surface area contributed by atoms with Crippen molar-refractivity contribution < 1.29 is 13.9 Å². The van der Waals surface area contributed by atoms with E-state index in [9.17, 15) is 0 Å². The Morgan fingerprint density at radius 2 is 1.72 bits per heavy atom. The van der Waals surface area contributed by atoms with Gasteiger partial charge < -0.3 is 19.2 Å². The molecule has 2 heterocycles. The fraction of sp³-hybridized carbons (Fsp3) is 0.400. The van der Waals surface area contributed by atoms with Gasteiger partial charge in [-0.1, -0.05) is 41.9 Å². The van der Waals surface area contributed by atoms with Crippen LogP contribution in [0.2, 0.25) is 5.02 Å². The predicted molar refractivity (Wildman–Crippen MR) is 128 cm³/mol. The molecule has 2 aromatic carbocycles. The summed E-state index contributed by atoms with van der Waals surface area (Å²) in [4.78, 5) is 7.03. The first-order chi connectivity index (χ1) is 15.7. The zero-order valence-corrected chi connectivity index (χ0v) is 19.4. The maximum atomic E-state index is 6.43. The number of piperidine rings is 1. The van der Waals surface area contributed by atoms with Gasteiger partial charge in [0.1, 0.15) is 28.5 Å². The van der Waals surface area contributed by atoms with E-state index in [1.807, 2.05) is 56.3 Å². The first kappa shape index (κ1) is 22.5. The summed E-state index contributed by atoms with van der Waals surface area (Å²) in [5.74, 6) is 1.37. The van der Waals surface area contributed by atoms with Crippen LogP contribution < -0.4 is 14.8 Å². The maximum Gasteiger partial charge on any atom is 0.295 e. The van der Waals surface area contributed by atoms with E-state index < -0.39 is 0 Å². The molecule has 4 rings (SSSR count). The number of ether oxygens (including phenoxy) is 2. The van der Waals surface area contributed by atoms with Crippen molar-refractivity contribution in [1.29, 1.82) is 0 Å². The number of likely N-dealkylation sites (tertiary alicyclic amines) is 1. The maximum absolute atomic E-state index is 6.43. The Balaban J connectivity index is 1.33. The minimum absolute atomic E-state index is 0.344. The minimum atomic E-state index is 0.344. The zero-order valence-electron chi connectivity index (χ0n) is 18.6. The van der Waals surface area contributed by atoms with Gasteiger partial charge in [0.15, 0.2) is 0 Å². The SMILES string of the molecule is CCOc1cc(CN2CCC(Nc3nc(-c4ccccc4)co3)CC2)cc(OCC)c1Cl. The fourth-order valence-corrected chi connectivity index (χ4v) is 4.21. The van der Waals surface area contributed by atoms with Crippen LogP contribution in [0.3, 0.4) is 0 Å². The van der Waals surface area contributed by atoms with E-state index in [4.69, 9.17) is 25.5 Å². The lowest BCUT2D eigenvalue weighted by atomic mass is 10.0. The molecule has 0 aliphatic carbocycles. The number of oxazole rings is 1. The average molecular weight is 456 g/mol. The topological polar surface area (TPSA) is 59.8 Å². The molecule has 170 valence electrons. The molecule has 1 aliphatic heterocycles. The van der Waals surface area contributed by atoms with Crippen molar-refractivity contribution in [3.63, 3.8) is 0 Å². The zero-order chi connectivity index (χ0) is 22.3. The van der Waals surface area contributed by atoms with Crippen molar-refractivity contribution in [3.05, 3.63) is 59.3 Å². The van der Waals surface area contributed by atoms with Crippen LogP contribution in [0.25, 0.3) is 11.3 Å². The summed E-state index contributed by atoms with van der Waals surface area (Å²) in [5.41, 5.74) is 3.05. The Kier molecular flexibility index (Phi) is 7.55. The second-order valence-electron chi connectivity index (χ2n) is 7.87. The van der Waals surface area contributed by atoms with Crippen LogP contribution in [0.15, 0.2) is 53.1 Å². The first-order valence-corrected chi connectivity index (χ1v) is 11.6. The van der Waals surface area contributed by atoms with Crippen LogP contribution in [-0.4, -0.2) is 42.2 Å². The number of hydrogen-bond acceptors (Lipinski definition) is 6. The van der Waals surface area contributed by atoms with Crippen molar-refractivity contribution in [2.24, 2.45) is 0 Å². The molecule has 7 heteroatoms. The standard InChI is InChI=1S/C25H30ClN3O3/c1-3-30-22-14-18(15-23(24(22)26)31-4-2)16-29-12-10-20(11-13-29)27-25-28-21(17-32-25)19-8-6-5-7-9-19/h5-9,14-15,17,20H,3-4,10-13,16H2,1-2H3,(H,27,28). The molecule has 0 saturated carbocycles. The molecule has 0 unspecified atom stereocenters. The molecular weight excluding hydrogens is 426 g/mol. The van der Waals surface area contributed by atoms with E-state index in [1.54, 1.807) is 6.26 Å². The highest BCUT2D eigenvalue weighted by atomic mass is 35.5. The lowest BCUT2D eigenvalue weighted by Gasteiger charge is -2.32. The molecule has 0 spiro atoms. The molecule has 0 atom stereocenters. The van der Waals surface area contributed by atoms with Gasteiger partial charge >= 0.3 is 0 Å². The fourth-order valence-electron chi connectivity index (χ4n) is 3.99. The summed E-state index contributed by atoms with van der Waals surface area (Å²) in [6.45, 7) is 7.86. The molecule has 0 bridgehead atoms. The third-order valence-electron chi connectivity index (χ3n) is 5.56. The van der Waals surface area contributed by atoms with Gasteiger partial charge in [0, 0.05) is 31.2 Å². The van der Waals surface area contributed by atoms with Gasteiger partial charge in [0.2, 0.25) is 0 Å². The van der Waals surface area contributed by atoms with Gasteiger partial charge in [-0.2, -0.15) is 4.98 Å². The summed E-state index contributed by atoms with van der Waals surface area (Å²) in [5, 5.41) is 4.00. The monoisotopic (exact) mass is 455 g/mol. The molecule has 0 amide bonds. The number of nitrogens with zero attached hydrogens (tertiary/aromatic N) is 2. The van der Waals surface area contributed by atoms with Gasteiger partial charge in [-0.3, -0.25) is 4.90 Å². The molecular formula is C25H30ClN3O3. The molecule has 1 N–H and O–H groups in total. The Morgan fingerprint density at radius 3 is 2.34 bits per heavy atom. The van der Waals surface area contributed by atoms with Crippen LogP contribution >= 0.6 is 11.6 Å². The van der Waals surface area contributed by atoms with Crippen LogP contribution in [0, 0.1) is 0 Å². The van der Waals surface area contributed by atoms with E-state index in [0.29, 0.717) is 41.8 Å². The second-order valence-corrected chi connectivity index (χ2v) is 8.25. The van der Waals surface area contributed by atoms with E-state index in [2.05, 4.69) is 15.2 Å². The Morgan fingerprint density at radius 1 is 1.06 bits per heavy atom. The highest BCUT2D eigenvalue weighted by molar-refractivity contribution is 6.33. The first-order valence-electron chi connectivity index (χ1n) is 11.2. The number of hydrogen-bond donors (Lipinski definition) is 1. The number of halogens is 1.